The molecule has 2 heterocycles. The summed E-state index contributed by atoms with van der Waals surface area (Å²) in [5.74, 6) is 0.794. The van der Waals surface area contributed by atoms with E-state index in [4.69, 9.17) is 16.3 Å². The molecule has 286 valence electrons. The van der Waals surface area contributed by atoms with Gasteiger partial charge in [-0.1, -0.05) is 140 Å². The minimum atomic E-state index is -1.96. The number of hydrogen-bond donors (Lipinski definition) is 1. The molecular formula is C48H51ClN2O3Si2. The highest BCUT2D eigenvalue weighted by molar-refractivity contribution is 6.94. The molecule has 0 aromatic heterocycles. The molecule has 2 atom stereocenters. The van der Waals surface area contributed by atoms with Gasteiger partial charge in [0.05, 0.1) is 12.8 Å². The summed E-state index contributed by atoms with van der Waals surface area (Å²) in [5, 5.41) is 6.24. The second kappa shape index (κ2) is 16.9. The molecule has 2 aliphatic rings. The smallest absolute Gasteiger partial charge is 0.258 e. The van der Waals surface area contributed by atoms with Gasteiger partial charge in [0, 0.05) is 28.2 Å². The van der Waals surface area contributed by atoms with Gasteiger partial charge >= 0.3 is 0 Å². The number of hydrogen-bond acceptors (Lipinski definition) is 4. The lowest BCUT2D eigenvalue weighted by molar-refractivity contribution is 0.0983. The van der Waals surface area contributed by atoms with Gasteiger partial charge in [-0.2, -0.15) is 0 Å². The molecule has 5 nitrogen and oxygen atoms in total. The number of fused-ring (bicyclic) bond motifs is 2. The van der Waals surface area contributed by atoms with E-state index in [9.17, 15) is 9.59 Å². The molecule has 8 rings (SSSR count). The van der Waals surface area contributed by atoms with Crippen molar-refractivity contribution in [1.82, 2.24) is 0 Å². The second-order valence-corrected chi connectivity index (χ2v) is 25.3. The van der Waals surface area contributed by atoms with E-state index in [2.05, 4.69) is 136 Å². The van der Waals surface area contributed by atoms with E-state index in [1.165, 1.54) is 33.1 Å². The molecule has 6 aromatic carbocycles. The van der Waals surface area contributed by atoms with E-state index in [1.807, 2.05) is 54.3 Å². The van der Waals surface area contributed by atoms with Crippen molar-refractivity contribution in [3.05, 3.63) is 185 Å². The topological polar surface area (TPSA) is 58.6 Å². The molecule has 2 unspecified atom stereocenters. The molecule has 0 saturated heterocycles. The number of nitrogens with one attached hydrogen (secondary N) is 1. The maximum atomic E-state index is 13.7. The number of methoxy groups -OCH3 is 1. The van der Waals surface area contributed by atoms with Crippen LogP contribution in [0.15, 0.2) is 146 Å². The van der Waals surface area contributed by atoms with Crippen molar-refractivity contribution in [3.8, 4) is 5.75 Å². The van der Waals surface area contributed by atoms with Crippen LogP contribution in [0.3, 0.4) is 0 Å². The van der Waals surface area contributed by atoms with Crippen molar-refractivity contribution < 1.29 is 14.3 Å². The van der Waals surface area contributed by atoms with Crippen LogP contribution in [-0.2, 0) is 0 Å². The maximum Gasteiger partial charge on any atom is 0.258 e. The van der Waals surface area contributed by atoms with Crippen LogP contribution in [0.4, 0.5) is 11.4 Å². The Kier molecular flexibility index (Phi) is 12.2. The van der Waals surface area contributed by atoms with Crippen LogP contribution in [0.2, 0.25) is 26.2 Å². The predicted molar refractivity (Wildman–Crippen MR) is 240 cm³/mol. The molecule has 2 aliphatic heterocycles. The molecule has 0 aliphatic carbocycles. The van der Waals surface area contributed by atoms with Crippen LogP contribution in [0.5, 0.6) is 5.75 Å². The Balaban J connectivity index is 0.000000161. The summed E-state index contributed by atoms with van der Waals surface area (Å²) >= 11 is 5.22. The molecule has 56 heavy (non-hydrogen) atoms. The van der Waals surface area contributed by atoms with E-state index < -0.39 is 21.4 Å². The van der Waals surface area contributed by atoms with Gasteiger partial charge in [-0.15, -0.1) is 0 Å². The number of amides is 1. The number of anilines is 2. The van der Waals surface area contributed by atoms with Crippen molar-refractivity contribution in [2.45, 2.75) is 58.3 Å². The third-order valence-corrected chi connectivity index (χ3v) is 18.7. The SMILES string of the molecule is COc1ccc(C(=O)N2c3ccc(C)cc3[Si](C)(C)C2c2ccccc2)cc1.Cc1ccc(C(=O)Cl)cc1.Cc1ccc2c(c1)[Si](C)(C)C(c1ccccc1)N2. The average molecular weight is 796 g/mol. The Hall–Kier alpha value is -5.22. The van der Waals surface area contributed by atoms with Crippen molar-refractivity contribution in [2.24, 2.45) is 0 Å². The van der Waals surface area contributed by atoms with Crippen molar-refractivity contribution in [2.75, 3.05) is 17.3 Å². The highest BCUT2D eigenvalue weighted by Crippen LogP contribution is 2.42. The summed E-state index contributed by atoms with van der Waals surface area (Å²) < 4.78 is 5.25. The summed E-state index contributed by atoms with van der Waals surface area (Å²) in [6.45, 7) is 15.9. The minimum Gasteiger partial charge on any atom is -0.497 e. The van der Waals surface area contributed by atoms with Gasteiger partial charge in [0.15, 0.2) is 0 Å². The van der Waals surface area contributed by atoms with Gasteiger partial charge < -0.3 is 15.0 Å². The lowest BCUT2D eigenvalue weighted by Gasteiger charge is -2.32. The number of halogens is 1. The van der Waals surface area contributed by atoms with E-state index in [0.717, 1.165) is 17.0 Å². The second-order valence-electron chi connectivity index (χ2n) is 15.9. The van der Waals surface area contributed by atoms with Gasteiger partial charge in [-0.25, -0.2) is 0 Å². The van der Waals surface area contributed by atoms with E-state index >= 15 is 0 Å². The van der Waals surface area contributed by atoms with Gasteiger partial charge in [-0.05, 0) is 102 Å². The van der Waals surface area contributed by atoms with Crippen LogP contribution in [0.25, 0.3) is 0 Å². The molecule has 0 saturated carbocycles. The molecule has 0 spiro atoms. The molecule has 0 fully saturated rings. The zero-order valence-corrected chi connectivity index (χ0v) is 36.3. The Labute approximate surface area is 339 Å². The Morgan fingerprint density at radius 2 is 1.12 bits per heavy atom. The highest BCUT2D eigenvalue weighted by Gasteiger charge is 2.49. The zero-order valence-electron chi connectivity index (χ0n) is 33.6. The third kappa shape index (κ3) is 8.45. The van der Waals surface area contributed by atoms with Gasteiger partial charge in [0.25, 0.3) is 11.1 Å². The highest BCUT2D eigenvalue weighted by atomic mass is 35.5. The fourth-order valence-corrected chi connectivity index (χ4v) is 15.0. The summed E-state index contributed by atoms with van der Waals surface area (Å²) in [5.41, 5.74) is 10.5. The first-order valence-corrected chi connectivity index (χ1v) is 25.6. The quantitative estimate of drug-likeness (QED) is 0.139. The van der Waals surface area contributed by atoms with Crippen LogP contribution in [0.1, 0.15) is 59.9 Å². The summed E-state index contributed by atoms with van der Waals surface area (Å²) in [4.78, 5) is 26.2. The normalized spacial score (nSPS) is 16.8. The number of carbonyl (C=O) groups is 2. The van der Waals surface area contributed by atoms with Gasteiger partial charge in [-0.3, -0.25) is 9.59 Å². The van der Waals surface area contributed by atoms with Gasteiger partial charge in [0.1, 0.15) is 21.9 Å². The van der Waals surface area contributed by atoms with Crippen LogP contribution < -0.4 is 25.3 Å². The molecule has 1 N–H and O–H groups in total. The Morgan fingerprint density at radius 3 is 1.70 bits per heavy atom. The summed E-state index contributed by atoms with van der Waals surface area (Å²) in [6.07, 6.45) is 0. The number of rotatable bonds is 5. The standard InChI is InChI=1S/C24H25NO2Si.C16H19NSi.C8H7ClO/c1-17-10-15-21-22(16-17)28(3,4)24(19-8-6-5-7-9-19)25(21)23(26)18-11-13-20(27-2)14-12-18;1-12-9-10-14-15(11-12)18(2,3)16(17-14)13-7-5-4-6-8-13;1-6-2-4-7(5-3-6)8(9)10/h5-16,24H,1-4H3;4-11,16-17H,1-3H3;2-5H,1H3. The van der Waals surface area contributed by atoms with Crippen molar-refractivity contribution in [1.29, 1.82) is 0 Å². The van der Waals surface area contributed by atoms with E-state index in [0.29, 0.717) is 16.8 Å². The zero-order chi connectivity index (χ0) is 40.2. The minimum absolute atomic E-state index is 0.0414. The lowest BCUT2D eigenvalue weighted by Crippen LogP contribution is -2.47. The number of ether oxygens (including phenoxy) is 1. The Bertz CT molecular complexity index is 2310. The fourth-order valence-electron chi connectivity index (χ4n) is 7.92. The van der Waals surface area contributed by atoms with Crippen LogP contribution in [-0.4, -0.2) is 34.4 Å². The summed E-state index contributed by atoms with van der Waals surface area (Å²) in [6, 6.07) is 49.1. The first kappa shape index (κ1) is 40.4. The molecule has 8 heteroatoms. The number of benzene rings is 6. The predicted octanol–water partition coefficient (Wildman–Crippen LogP) is 10.9. The largest absolute Gasteiger partial charge is 0.497 e. The van der Waals surface area contributed by atoms with Crippen LogP contribution in [0, 0.1) is 20.8 Å². The maximum absolute atomic E-state index is 13.7. The first-order chi connectivity index (χ1) is 26.7. The summed E-state index contributed by atoms with van der Waals surface area (Å²) in [7, 11) is -1.80. The van der Waals surface area contributed by atoms with E-state index in [1.54, 1.807) is 24.4 Å². The number of aryl methyl sites for hydroxylation is 3. The van der Waals surface area contributed by atoms with Crippen molar-refractivity contribution >= 4 is 60.6 Å². The molecular weight excluding hydrogens is 744 g/mol. The first-order valence-electron chi connectivity index (χ1n) is 19.0. The van der Waals surface area contributed by atoms with Crippen molar-refractivity contribution in [3.63, 3.8) is 0 Å². The lowest BCUT2D eigenvalue weighted by atomic mass is 10.1. The average Bonchev–Trinajstić information content (AvgIpc) is 3.60. The van der Waals surface area contributed by atoms with Gasteiger partial charge in [0.2, 0.25) is 0 Å². The molecule has 1 amide bonds. The number of carbonyl (C=O) groups excluding carboxylic acids is 2. The molecule has 0 bridgehead atoms. The monoisotopic (exact) mass is 794 g/mol. The Morgan fingerprint density at radius 1 is 0.607 bits per heavy atom. The van der Waals surface area contributed by atoms with E-state index in [-0.39, 0.29) is 11.6 Å². The third-order valence-electron chi connectivity index (χ3n) is 11.0. The fraction of sp³-hybridized carbons (Fsp3) is 0.208. The molecule has 6 aromatic rings. The van der Waals surface area contributed by atoms with Crippen LogP contribution >= 0.6 is 11.6 Å². The molecule has 0 radical (unpaired) electrons. The number of nitrogens with zero attached hydrogens (tertiary/aromatic N) is 1.